The molecule has 2 rings (SSSR count). The Hall–Kier alpha value is -0.780. The topological polar surface area (TPSA) is 42.9 Å². The zero-order valence-corrected chi connectivity index (χ0v) is 11.1. The number of nitrogens with zero attached hydrogens (tertiary/aromatic N) is 2. The van der Waals surface area contributed by atoms with Crippen molar-refractivity contribution < 1.29 is 4.79 Å². The second-order valence-corrected chi connectivity index (χ2v) is 6.04. The van der Waals surface area contributed by atoms with E-state index in [9.17, 15) is 4.79 Å². The molecule has 0 saturated heterocycles. The first kappa shape index (κ1) is 11.7. The normalized spacial score (nSPS) is 11.0. The van der Waals surface area contributed by atoms with Crippen molar-refractivity contribution >= 4 is 40.3 Å². The molecular weight excluding hydrogens is 264 g/mol. The number of rotatable bonds is 3. The summed E-state index contributed by atoms with van der Waals surface area (Å²) in [6, 6.07) is 3.46. The Morgan fingerprint density at radius 2 is 2.19 bits per heavy atom. The maximum Gasteiger partial charge on any atom is 0.216 e. The maximum atomic E-state index is 12.1. The van der Waals surface area contributed by atoms with E-state index in [0.29, 0.717) is 14.1 Å². The molecule has 3 nitrogen and oxygen atoms in total. The van der Waals surface area contributed by atoms with Crippen LogP contribution in [0.3, 0.4) is 0 Å². The SMILES string of the molecule is CC(C)c1nnsc1C(=O)c1ccc(Cl)s1. The Morgan fingerprint density at radius 3 is 2.75 bits per heavy atom. The molecule has 0 amide bonds. The third-order valence-corrected chi connectivity index (χ3v) is 4.03. The third-order valence-electron chi connectivity index (χ3n) is 2.06. The fourth-order valence-corrected chi connectivity index (χ4v) is 3.11. The molecule has 2 aromatic rings. The highest BCUT2D eigenvalue weighted by atomic mass is 35.5. The molecule has 0 saturated carbocycles. The fraction of sp³-hybridized carbons (Fsp3) is 0.300. The predicted octanol–water partition coefficient (Wildman–Crippen LogP) is 3.61. The first-order valence-electron chi connectivity index (χ1n) is 4.72. The standard InChI is InChI=1S/C10H9ClN2OS2/c1-5(2)8-10(16-13-12-8)9(14)6-3-4-7(11)15-6/h3-5H,1-2H3. The minimum Gasteiger partial charge on any atom is -0.287 e. The van der Waals surface area contributed by atoms with E-state index in [4.69, 9.17) is 11.6 Å². The molecule has 0 unspecified atom stereocenters. The average Bonchev–Trinajstić information content (AvgIpc) is 2.84. The van der Waals surface area contributed by atoms with Crippen molar-refractivity contribution in [1.29, 1.82) is 0 Å². The van der Waals surface area contributed by atoms with Crippen molar-refractivity contribution in [1.82, 2.24) is 9.59 Å². The lowest BCUT2D eigenvalue weighted by Crippen LogP contribution is -2.02. The van der Waals surface area contributed by atoms with Crippen molar-refractivity contribution in [3.8, 4) is 0 Å². The summed E-state index contributed by atoms with van der Waals surface area (Å²) in [5.74, 6) is 0.170. The summed E-state index contributed by atoms with van der Waals surface area (Å²) in [6.45, 7) is 3.99. The molecule has 2 aromatic heterocycles. The van der Waals surface area contributed by atoms with Crippen molar-refractivity contribution in [2.24, 2.45) is 0 Å². The molecule has 0 N–H and O–H groups in total. The van der Waals surface area contributed by atoms with Crippen LogP contribution < -0.4 is 0 Å². The van der Waals surface area contributed by atoms with Gasteiger partial charge in [0.1, 0.15) is 4.88 Å². The van der Waals surface area contributed by atoms with E-state index in [-0.39, 0.29) is 11.7 Å². The molecule has 0 fully saturated rings. The van der Waals surface area contributed by atoms with Gasteiger partial charge in [-0.1, -0.05) is 29.9 Å². The quantitative estimate of drug-likeness (QED) is 0.802. The van der Waals surface area contributed by atoms with Crippen LogP contribution in [0.25, 0.3) is 0 Å². The summed E-state index contributed by atoms with van der Waals surface area (Å²) in [5, 5.41) is 3.99. The molecule has 0 aliphatic carbocycles. The van der Waals surface area contributed by atoms with E-state index in [1.807, 2.05) is 13.8 Å². The summed E-state index contributed by atoms with van der Waals surface area (Å²) in [5.41, 5.74) is 0.763. The fourth-order valence-electron chi connectivity index (χ4n) is 1.28. The van der Waals surface area contributed by atoms with Crippen LogP contribution in [0.4, 0.5) is 0 Å². The van der Waals surface area contributed by atoms with E-state index < -0.39 is 0 Å². The smallest absolute Gasteiger partial charge is 0.216 e. The molecular formula is C10H9ClN2OS2. The van der Waals surface area contributed by atoms with Crippen LogP contribution in [0, 0.1) is 0 Å². The number of carbonyl (C=O) groups is 1. The summed E-state index contributed by atoms with van der Waals surface area (Å²) >= 11 is 8.23. The van der Waals surface area contributed by atoms with Gasteiger partial charge in [0.05, 0.1) is 14.9 Å². The van der Waals surface area contributed by atoms with Crippen molar-refractivity contribution in [2.75, 3.05) is 0 Å². The van der Waals surface area contributed by atoms with Gasteiger partial charge in [-0.2, -0.15) is 0 Å². The number of carbonyl (C=O) groups excluding carboxylic acids is 1. The van der Waals surface area contributed by atoms with Crippen molar-refractivity contribution in [3.05, 3.63) is 31.9 Å². The molecule has 0 atom stereocenters. The first-order valence-corrected chi connectivity index (χ1v) is 6.68. The molecule has 6 heteroatoms. The maximum absolute atomic E-state index is 12.1. The first-order chi connectivity index (χ1) is 7.59. The van der Waals surface area contributed by atoms with Gasteiger partial charge in [-0.15, -0.1) is 16.4 Å². The van der Waals surface area contributed by atoms with Gasteiger partial charge in [-0.05, 0) is 29.6 Å². The Labute approximate surface area is 106 Å². The van der Waals surface area contributed by atoms with Gasteiger partial charge in [0.25, 0.3) is 0 Å². The van der Waals surface area contributed by atoms with Gasteiger partial charge in [0, 0.05) is 0 Å². The Kier molecular flexibility index (Phi) is 3.37. The summed E-state index contributed by atoms with van der Waals surface area (Å²) in [6.07, 6.45) is 0. The van der Waals surface area contributed by atoms with E-state index in [2.05, 4.69) is 9.59 Å². The zero-order chi connectivity index (χ0) is 11.7. The van der Waals surface area contributed by atoms with E-state index in [1.165, 1.54) is 11.3 Å². The van der Waals surface area contributed by atoms with Crippen LogP contribution in [0.15, 0.2) is 12.1 Å². The number of thiophene rings is 1. The average molecular weight is 273 g/mol. The molecule has 0 radical (unpaired) electrons. The number of aromatic nitrogens is 2. The van der Waals surface area contributed by atoms with Crippen LogP contribution in [0.1, 0.15) is 40.0 Å². The molecule has 0 spiro atoms. The number of hydrogen-bond donors (Lipinski definition) is 0. The van der Waals surface area contributed by atoms with Crippen molar-refractivity contribution in [2.45, 2.75) is 19.8 Å². The largest absolute Gasteiger partial charge is 0.287 e. The monoisotopic (exact) mass is 272 g/mol. The minimum absolute atomic E-state index is 0.0319. The van der Waals surface area contributed by atoms with Gasteiger partial charge in [0.15, 0.2) is 0 Å². The molecule has 0 aliphatic rings. The Bertz CT molecular complexity index is 518. The molecule has 2 heterocycles. The minimum atomic E-state index is -0.0319. The van der Waals surface area contributed by atoms with E-state index in [0.717, 1.165) is 17.2 Å². The third kappa shape index (κ3) is 2.16. The van der Waals surface area contributed by atoms with Gasteiger partial charge in [-0.3, -0.25) is 4.79 Å². The van der Waals surface area contributed by atoms with Crippen molar-refractivity contribution in [3.63, 3.8) is 0 Å². The second-order valence-electron chi connectivity index (χ2n) is 3.57. The van der Waals surface area contributed by atoms with Crippen LogP contribution in [0.2, 0.25) is 4.34 Å². The van der Waals surface area contributed by atoms with Crippen LogP contribution in [-0.4, -0.2) is 15.4 Å². The predicted molar refractivity (Wildman–Crippen MR) is 66.8 cm³/mol. The summed E-state index contributed by atoms with van der Waals surface area (Å²) < 4.78 is 4.46. The molecule has 0 aliphatic heterocycles. The highest BCUT2D eigenvalue weighted by molar-refractivity contribution is 7.19. The molecule has 16 heavy (non-hydrogen) atoms. The van der Waals surface area contributed by atoms with Gasteiger partial charge >= 0.3 is 0 Å². The molecule has 84 valence electrons. The second kappa shape index (κ2) is 4.61. The van der Waals surface area contributed by atoms with Crippen LogP contribution >= 0.6 is 34.5 Å². The highest BCUT2D eigenvalue weighted by Gasteiger charge is 2.21. The van der Waals surface area contributed by atoms with Gasteiger partial charge < -0.3 is 0 Å². The number of halogens is 1. The Morgan fingerprint density at radius 1 is 1.44 bits per heavy atom. The number of ketones is 1. The van der Waals surface area contributed by atoms with E-state index >= 15 is 0 Å². The summed E-state index contributed by atoms with van der Waals surface area (Å²) in [7, 11) is 0. The summed E-state index contributed by atoms with van der Waals surface area (Å²) in [4.78, 5) is 13.4. The van der Waals surface area contributed by atoms with E-state index in [1.54, 1.807) is 12.1 Å². The molecule has 0 aromatic carbocycles. The van der Waals surface area contributed by atoms with Crippen LogP contribution in [-0.2, 0) is 0 Å². The van der Waals surface area contributed by atoms with Gasteiger partial charge in [-0.25, -0.2) is 0 Å². The lowest BCUT2D eigenvalue weighted by Gasteiger charge is -2.01. The lowest BCUT2D eigenvalue weighted by molar-refractivity contribution is 0.104. The Balaban J connectivity index is 2.38. The zero-order valence-electron chi connectivity index (χ0n) is 8.73. The van der Waals surface area contributed by atoms with Crippen LogP contribution in [0.5, 0.6) is 0 Å². The highest BCUT2D eigenvalue weighted by Crippen LogP contribution is 2.28. The van der Waals surface area contributed by atoms with Gasteiger partial charge in [0.2, 0.25) is 5.78 Å². The lowest BCUT2D eigenvalue weighted by atomic mass is 10.1. The molecule has 0 bridgehead atoms. The number of hydrogen-bond acceptors (Lipinski definition) is 5.